The van der Waals surface area contributed by atoms with Crippen molar-refractivity contribution in [3.05, 3.63) is 18.6 Å². The number of aliphatic hydroxyl groups excluding tert-OH is 1. The van der Waals surface area contributed by atoms with Gasteiger partial charge in [-0.25, -0.2) is 4.52 Å². The van der Waals surface area contributed by atoms with Gasteiger partial charge in [0.1, 0.15) is 6.61 Å². The molecule has 0 saturated carbocycles. The first-order valence-electron chi connectivity index (χ1n) is 3.87. The third-order valence-electron chi connectivity index (χ3n) is 1.67. The third-order valence-corrected chi connectivity index (χ3v) is 1.67. The largest absolute Gasteiger partial charge is 0.410 e. The molecule has 0 amide bonds. The molecule has 0 saturated heterocycles. The number of aliphatic hydroxyl groups is 1. The zero-order chi connectivity index (χ0) is 9.26. The van der Waals surface area contributed by atoms with E-state index in [1.165, 1.54) is 4.73 Å². The monoisotopic (exact) mass is 182 g/mol. The minimum Gasteiger partial charge on any atom is -0.410 e. The lowest BCUT2D eigenvalue weighted by Crippen LogP contribution is -2.14. The quantitative estimate of drug-likeness (QED) is 0.647. The molecule has 0 spiro atoms. The van der Waals surface area contributed by atoms with E-state index in [1.54, 1.807) is 23.1 Å². The van der Waals surface area contributed by atoms with Crippen LogP contribution in [0.1, 0.15) is 0 Å². The van der Waals surface area contributed by atoms with Gasteiger partial charge in [-0.05, 0) is 0 Å². The first-order chi connectivity index (χ1) is 6.33. The maximum atomic E-state index is 8.57. The highest BCUT2D eigenvalue weighted by molar-refractivity contribution is 5.63. The van der Waals surface area contributed by atoms with Crippen molar-refractivity contribution in [1.82, 2.24) is 14.3 Å². The molecular weight excluding hydrogens is 172 g/mol. The molecule has 0 aliphatic rings. The summed E-state index contributed by atoms with van der Waals surface area (Å²) in [6, 6.07) is 0. The summed E-state index contributed by atoms with van der Waals surface area (Å²) in [5.41, 5.74) is 6.87. The molecule has 2 aromatic rings. The van der Waals surface area contributed by atoms with E-state index in [1.807, 2.05) is 0 Å². The zero-order valence-corrected chi connectivity index (χ0v) is 6.92. The van der Waals surface area contributed by atoms with Gasteiger partial charge in [-0.3, -0.25) is 0 Å². The maximum Gasteiger partial charge on any atom is 0.194 e. The fraction of sp³-hybridized carbons (Fsp3) is 0.286. The number of anilines is 1. The smallest absolute Gasteiger partial charge is 0.194 e. The molecule has 13 heavy (non-hydrogen) atoms. The Morgan fingerprint density at radius 1 is 1.54 bits per heavy atom. The van der Waals surface area contributed by atoms with Crippen molar-refractivity contribution in [1.29, 1.82) is 0 Å². The molecule has 0 aliphatic heterocycles. The van der Waals surface area contributed by atoms with Gasteiger partial charge in [0, 0.05) is 0 Å². The molecule has 2 heterocycles. The molecule has 2 aromatic heterocycles. The number of fused-ring (bicyclic) bond motifs is 1. The summed E-state index contributed by atoms with van der Waals surface area (Å²) in [4.78, 5) is 5.17. The zero-order valence-electron chi connectivity index (χ0n) is 6.92. The first-order valence-corrected chi connectivity index (χ1v) is 3.87. The van der Waals surface area contributed by atoms with Crippen LogP contribution in [0.15, 0.2) is 18.6 Å². The van der Waals surface area contributed by atoms with Crippen LogP contribution in [0.5, 0.6) is 0 Å². The van der Waals surface area contributed by atoms with Gasteiger partial charge in [0.05, 0.1) is 30.9 Å². The standard InChI is InChI=1S/C7H10N4O2/c8-6-5-9-10-1-2-11(7(6)10)13-4-3-12/h1-2,5,12H,3-4,8H2. The summed E-state index contributed by atoms with van der Waals surface area (Å²) in [6.07, 6.45) is 4.96. The highest BCUT2D eigenvalue weighted by atomic mass is 16.7. The van der Waals surface area contributed by atoms with E-state index in [0.717, 1.165) is 0 Å². The fourth-order valence-corrected chi connectivity index (χ4v) is 1.14. The van der Waals surface area contributed by atoms with Crippen LogP contribution in [0.2, 0.25) is 0 Å². The van der Waals surface area contributed by atoms with Gasteiger partial charge in [0.2, 0.25) is 0 Å². The summed E-state index contributed by atoms with van der Waals surface area (Å²) in [7, 11) is 0. The van der Waals surface area contributed by atoms with Crippen LogP contribution in [-0.4, -0.2) is 32.7 Å². The summed E-state index contributed by atoms with van der Waals surface area (Å²) in [5.74, 6) is 0. The summed E-state index contributed by atoms with van der Waals surface area (Å²) in [5, 5.41) is 12.5. The van der Waals surface area contributed by atoms with Crippen molar-refractivity contribution in [2.75, 3.05) is 18.9 Å². The average Bonchev–Trinajstić information content (AvgIpc) is 2.67. The molecule has 0 aliphatic carbocycles. The number of imidazole rings is 1. The molecule has 70 valence electrons. The number of aromatic nitrogens is 3. The van der Waals surface area contributed by atoms with Crippen molar-refractivity contribution in [3.63, 3.8) is 0 Å². The summed E-state index contributed by atoms with van der Waals surface area (Å²) >= 11 is 0. The fourth-order valence-electron chi connectivity index (χ4n) is 1.14. The Morgan fingerprint density at radius 2 is 2.38 bits per heavy atom. The Bertz CT molecular complexity index is 405. The number of nitrogen functional groups attached to an aromatic ring is 1. The second-order valence-corrected chi connectivity index (χ2v) is 2.55. The number of hydrogen-bond acceptors (Lipinski definition) is 4. The van der Waals surface area contributed by atoms with E-state index in [0.29, 0.717) is 11.3 Å². The molecule has 6 nitrogen and oxygen atoms in total. The highest BCUT2D eigenvalue weighted by Crippen LogP contribution is 2.11. The van der Waals surface area contributed by atoms with E-state index in [2.05, 4.69) is 5.10 Å². The Balaban J connectivity index is 2.38. The van der Waals surface area contributed by atoms with Crippen LogP contribution in [0.3, 0.4) is 0 Å². The SMILES string of the molecule is Nc1cnn2ccn(OCCO)c12. The van der Waals surface area contributed by atoms with Crippen LogP contribution in [-0.2, 0) is 0 Å². The van der Waals surface area contributed by atoms with Crippen LogP contribution in [0.4, 0.5) is 5.69 Å². The van der Waals surface area contributed by atoms with Gasteiger partial charge in [-0.15, -0.1) is 0 Å². The molecule has 0 unspecified atom stereocenters. The lowest BCUT2D eigenvalue weighted by Gasteiger charge is -2.04. The van der Waals surface area contributed by atoms with Gasteiger partial charge in [-0.1, -0.05) is 0 Å². The van der Waals surface area contributed by atoms with Gasteiger partial charge >= 0.3 is 0 Å². The van der Waals surface area contributed by atoms with E-state index >= 15 is 0 Å². The Hall–Kier alpha value is -1.69. The van der Waals surface area contributed by atoms with Crippen LogP contribution < -0.4 is 10.6 Å². The van der Waals surface area contributed by atoms with Gasteiger partial charge in [0.15, 0.2) is 5.65 Å². The molecule has 0 aromatic carbocycles. The molecular formula is C7H10N4O2. The molecule has 3 N–H and O–H groups in total. The molecule has 0 radical (unpaired) electrons. The van der Waals surface area contributed by atoms with E-state index in [4.69, 9.17) is 15.7 Å². The van der Waals surface area contributed by atoms with Gasteiger partial charge in [-0.2, -0.15) is 9.83 Å². The highest BCUT2D eigenvalue weighted by Gasteiger charge is 2.06. The predicted molar refractivity (Wildman–Crippen MR) is 46.1 cm³/mol. The summed E-state index contributed by atoms with van der Waals surface area (Å²) < 4.78 is 3.09. The van der Waals surface area contributed by atoms with Gasteiger partial charge < -0.3 is 15.7 Å². The predicted octanol–water partition coefficient (Wildman–Crippen LogP) is -0.861. The molecule has 0 atom stereocenters. The molecule has 0 fully saturated rings. The lowest BCUT2D eigenvalue weighted by molar-refractivity contribution is 0.0826. The van der Waals surface area contributed by atoms with Crippen molar-refractivity contribution in [2.24, 2.45) is 0 Å². The van der Waals surface area contributed by atoms with E-state index in [-0.39, 0.29) is 13.2 Å². The van der Waals surface area contributed by atoms with Crippen molar-refractivity contribution in [3.8, 4) is 0 Å². The second-order valence-electron chi connectivity index (χ2n) is 2.55. The van der Waals surface area contributed by atoms with Crippen molar-refractivity contribution < 1.29 is 9.94 Å². The Labute approximate surface area is 74.1 Å². The second kappa shape index (κ2) is 2.98. The average molecular weight is 182 g/mol. The lowest BCUT2D eigenvalue weighted by atomic mass is 10.6. The maximum absolute atomic E-state index is 8.57. The summed E-state index contributed by atoms with van der Waals surface area (Å²) in [6.45, 7) is 0.202. The van der Waals surface area contributed by atoms with Crippen LogP contribution in [0.25, 0.3) is 5.65 Å². The molecule has 6 heteroatoms. The third kappa shape index (κ3) is 1.20. The first kappa shape index (κ1) is 7.93. The van der Waals surface area contributed by atoms with E-state index in [9.17, 15) is 0 Å². The number of nitrogens with zero attached hydrogens (tertiary/aromatic N) is 3. The van der Waals surface area contributed by atoms with Crippen molar-refractivity contribution >= 4 is 11.3 Å². The molecule has 0 bridgehead atoms. The van der Waals surface area contributed by atoms with Gasteiger partial charge in [0.25, 0.3) is 0 Å². The van der Waals surface area contributed by atoms with Crippen molar-refractivity contribution in [2.45, 2.75) is 0 Å². The molecule has 2 rings (SSSR count). The Morgan fingerprint density at radius 3 is 3.15 bits per heavy atom. The number of rotatable bonds is 3. The topological polar surface area (TPSA) is 77.7 Å². The minimum absolute atomic E-state index is 0.0294. The minimum atomic E-state index is -0.0294. The Kier molecular flexibility index (Phi) is 1.82. The normalized spacial score (nSPS) is 10.8. The van der Waals surface area contributed by atoms with Crippen LogP contribution >= 0.6 is 0 Å². The van der Waals surface area contributed by atoms with Crippen LogP contribution in [0, 0.1) is 0 Å². The van der Waals surface area contributed by atoms with E-state index < -0.39 is 0 Å². The number of hydrogen-bond donors (Lipinski definition) is 2. The number of nitrogens with two attached hydrogens (primary N) is 1.